The number of benzene rings is 9. The van der Waals surface area contributed by atoms with Crippen LogP contribution in [0.2, 0.25) is 0 Å². The van der Waals surface area contributed by atoms with Crippen LogP contribution in [-0.2, 0) is 0 Å². The van der Waals surface area contributed by atoms with Crippen LogP contribution in [-0.4, -0.2) is 0 Å². The van der Waals surface area contributed by atoms with Crippen LogP contribution < -0.4 is 4.90 Å². The lowest BCUT2D eigenvalue weighted by Gasteiger charge is -2.30. The average molecular weight is 706 g/mol. The zero-order valence-electron chi connectivity index (χ0n) is 29.6. The number of nitrogens with zero attached hydrogens (tertiary/aromatic N) is 1. The van der Waals surface area contributed by atoms with Crippen molar-refractivity contribution in [1.82, 2.24) is 0 Å². The Morgan fingerprint density at radius 3 is 1.70 bits per heavy atom. The van der Waals surface area contributed by atoms with E-state index in [2.05, 4.69) is 217 Å². The van der Waals surface area contributed by atoms with Crippen LogP contribution in [0.3, 0.4) is 0 Å². The molecule has 0 aliphatic rings. The van der Waals surface area contributed by atoms with Gasteiger partial charge in [0.05, 0.1) is 11.4 Å². The lowest BCUT2D eigenvalue weighted by Crippen LogP contribution is -2.12. The molecule has 1 aromatic heterocycles. The first kappa shape index (κ1) is 32.0. The summed E-state index contributed by atoms with van der Waals surface area (Å²) in [5.74, 6) is 0. The van der Waals surface area contributed by atoms with Crippen molar-refractivity contribution in [3.63, 3.8) is 0 Å². The lowest BCUT2D eigenvalue weighted by molar-refractivity contribution is 1.28. The summed E-state index contributed by atoms with van der Waals surface area (Å²) in [6.45, 7) is 0. The van der Waals surface area contributed by atoms with Crippen molar-refractivity contribution in [3.05, 3.63) is 212 Å². The molecule has 1 heterocycles. The topological polar surface area (TPSA) is 3.24 Å². The summed E-state index contributed by atoms with van der Waals surface area (Å²) in [4.78, 5) is 2.44. The van der Waals surface area contributed by atoms with Crippen LogP contribution >= 0.6 is 11.3 Å². The van der Waals surface area contributed by atoms with Gasteiger partial charge in [-0.3, -0.25) is 0 Å². The van der Waals surface area contributed by atoms with Crippen LogP contribution in [0.4, 0.5) is 17.1 Å². The van der Waals surface area contributed by atoms with Crippen molar-refractivity contribution in [3.8, 4) is 44.5 Å². The number of hydrogen-bond donors (Lipinski definition) is 0. The van der Waals surface area contributed by atoms with Gasteiger partial charge < -0.3 is 4.90 Å². The Hall–Kier alpha value is -6.74. The molecule has 0 aliphatic carbocycles. The summed E-state index contributed by atoms with van der Waals surface area (Å²) >= 11 is 1.86. The molecule has 2 heteroatoms. The Balaban J connectivity index is 1.12. The first-order valence-electron chi connectivity index (χ1n) is 18.4. The van der Waals surface area contributed by atoms with Crippen LogP contribution in [0.1, 0.15) is 0 Å². The Morgan fingerprint density at radius 2 is 0.870 bits per heavy atom. The van der Waals surface area contributed by atoms with E-state index in [1.165, 1.54) is 75.5 Å². The normalized spacial score (nSPS) is 11.3. The highest BCUT2D eigenvalue weighted by Crippen LogP contribution is 2.48. The largest absolute Gasteiger partial charge is 0.309 e. The Morgan fingerprint density at radius 1 is 0.315 bits per heavy atom. The monoisotopic (exact) mass is 705 g/mol. The molecule has 0 bridgehead atoms. The van der Waals surface area contributed by atoms with Gasteiger partial charge in [0, 0.05) is 37.0 Å². The van der Waals surface area contributed by atoms with Gasteiger partial charge in [0.25, 0.3) is 0 Å². The van der Waals surface area contributed by atoms with Gasteiger partial charge in [-0.25, -0.2) is 0 Å². The van der Waals surface area contributed by atoms with E-state index in [1.807, 2.05) is 11.3 Å². The van der Waals surface area contributed by atoms with Crippen LogP contribution in [0, 0.1) is 0 Å². The summed E-state index contributed by atoms with van der Waals surface area (Å²) < 4.78 is 2.61. The average Bonchev–Trinajstić information content (AvgIpc) is 3.64. The molecule has 0 unspecified atom stereocenters. The predicted octanol–water partition coefficient (Wildman–Crippen LogP) is 15.3. The van der Waals surface area contributed by atoms with Gasteiger partial charge in [0.1, 0.15) is 0 Å². The second kappa shape index (κ2) is 13.7. The summed E-state index contributed by atoms with van der Waals surface area (Å²) in [5, 5.41) is 5.12. The lowest BCUT2D eigenvalue weighted by atomic mass is 9.95. The predicted molar refractivity (Wildman–Crippen MR) is 233 cm³/mol. The van der Waals surface area contributed by atoms with Crippen molar-refractivity contribution in [1.29, 1.82) is 0 Å². The summed E-state index contributed by atoms with van der Waals surface area (Å²) in [7, 11) is 0. The van der Waals surface area contributed by atoms with E-state index in [1.54, 1.807) is 0 Å². The van der Waals surface area contributed by atoms with Crippen molar-refractivity contribution in [2.75, 3.05) is 4.90 Å². The summed E-state index contributed by atoms with van der Waals surface area (Å²) in [6.07, 6.45) is 0. The maximum atomic E-state index is 2.44. The van der Waals surface area contributed by atoms with E-state index >= 15 is 0 Å². The van der Waals surface area contributed by atoms with E-state index in [0.717, 1.165) is 17.1 Å². The Kier molecular flexibility index (Phi) is 8.09. The molecule has 54 heavy (non-hydrogen) atoms. The van der Waals surface area contributed by atoms with Crippen LogP contribution in [0.25, 0.3) is 75.5 Å². The maximum Gasteiger partial charge on any atom is 0.0540 e. The Bertz CT molecular complexity index is 2940. The number of thiophene rings is 1. The first-order chi connectivity index (χ1) is 26.8. The molecule has 10 aromatic rings. The SMILES string of the molecule is c1ccc(-c2ccccc2N(c2ccc(-c3cccc(-c4ccc5ccccc5c4)c3)cc2)c2ccccc2-c2cccc3sc4ccccc4c23)cc1. The number of rotatable bonds is 7. The minimum absolute atomic E-state index is 1.10. The third-order valence-corrected chi connectivity index (χ3v) is 11.6. The van der Waals surface area contributed by atoms with Gasteiger partial charge in [-0.2, -0.15) is 0 Å². The molecular weight excluding hydrogens is 671 g/mol. The second-order valence-corrected chi connectivity index (χ2v) is 14.8. The van der Waals surface area contributed by atoms with Gasteiger partial charge in [0.15, 0.2) is 0 Å². The fourth-order valence-electron chi connectivity index (χ4n) is 7.88. The van der Waals surface area contributed by atoms with Gasteiger partial charge in [0.2, 0.25) is 0 Å². The molecule has 0 aliphatic heterocycles. The van der Waals surface area contributed by atoms with Crippen molar-refractivity contribution >= 4 is 59.3 Å². The third kappa shape index (κ3) is 5.74. The second-order valence-electron chi connectivity index (χ2n) is 13.7. The molecule has 254 valence electrons. The molecule has 1 nitrogen and oxygen atoms in total. The van der Waals surface area contributed by atoms with Crippen molar-refractivity contribution in [2.24, 2.45) is 0 Å². The highest BCUT2D eigenvalue weighted by molar-refractivity contribution is 7.25. The molecule has 0 saturated heterocycles. The van der Waals surface area contributed by atoms with E-state index in [9.17, 15) is 0 Å². The zero-order valence-corrected chi connectivity index (χ0v) is 30.4. The van der Waals surface area contributed by atoms with Crippen LogP contribution in [0.5, 0.6) is 0 Å². The molecule has 0 amide bonds. The minimum atomic E-state index is 1.10. The number of hydrogen-bond acceptors (Lipinski definition) is 2. The molecule has 0 radical (unpaired) electrons. The standard InChI is InChI=1S/C52H35NS/c1-2-15-38(16-3-1)44-20-6-9-24-48(44)53(49-25-10-7-21-45(49)46-23-13-27-51-52(46)47-22-8-11-26-50(47)54-51)43-32-30-37(31-33-43)40-18-12-19-41(34-40)42-29-28-36-14-4-5-17-39(36)35-42/h1-35H. The van der Waals surface area contributed by atoms with Gasteiger partial charge in [-0.05, 0) is 92.7 Å². The molecule has 0 saturated carbocycles. The fourth-order valence-corrected chi connectivity index (χ4v) is 9.02. The van der Waals surface area contributed by atoms with Crippen LogP contribution in [0.15, 0.2) is 212 Å². The number of anilines is 3. The first-order valence-corrected chi connectivity index (χ1v) is 19.2. The molecule has 0 fully saturated rings. The maximum absolute atomic E-state index is 2.44. The molecule has 0 atom stereocenters. The van der Waals surface area contributed by atoms with Gasteiger partial charge >= 0.3 is 0 Å². The fraction of sp³-hybridized carbons (Fsp3) is 0. The van der Waals surface area contributed by atoms with Gasteiger partial charge in [-0.15, -0.1) is 11.3 Å². The smallest absolute Gasteiger partial charge is 0.0540 e. The van der Waals surface area contributed by atoms with Crippen molar-refractivity contribution < 1.29 is 0 Å². The Labute approximate surface area is 319 Å². The quantitative estimate of drug-likeness (QED) is 0.160. The van der Waals surface area contributed by atoms with Crippen molar-refractivity contribution in [2.45, 2.75) is 0 Å². The van der Waals surface area contributed by atoms with E-state index < -0.39 is 0 Å². The highest BCUT2D eigenvalue weighted by Gasteiger charge is 2.22. The summed E-state index contributed by atoms with van der Waals surface area (Å²) in [5.41, 5.74) is 13.0. The van der Waals surface area contributed by atoms with E-state index in [-0.39, 0.29) is 0 Å². The minimum Gasteiger partial charge on any atom is -0.309 e. The summed E-state index contributed by atoms with van der Waals surface area (Å²) in [6, 6.07) is 77.2. The van der Waals surface area contributed by atoms with Gasteiger partial charge in [-0.1, -0.05) is 164 Å². The molecular formula is C52H35NS. The number of para-hydroxylation sites is 2. The zero-order chi connectivity index (χ0) is 35.8. The highest BCUT2D eigenvalue weighted by atomic mass is 32.1. The molecule has 10 rings (SSSR count). The molecule has 0 N–H and O–H groups in total. The number of fused-ring (bicyclic) bond motifs is 4. The van der Waals surface area contributed by atoms with E-state index in [4.69, 9.17) is 0 Å². The molecule has 9 aromatic carbocycles. The molecule has 0 spiro atoms. The third-order valence-electron chi connectivity index (χ3n) is 10.5. The van der Waals surface area contributed by atoms with E-state index in [0.29, 0.717) is 0 Å².